The Balaban J connectivity index is 1.36. The van der Waals surface area contributed by atoms with E-state index in [0.717, 1.165) is 38.6 Å². The number of hydrogen-bond acceptors (Lipinski definition) is 3. The first-order valence-corrected chi connectivity index (χ1v) is 12.3. The van der Waals surface area contributed by atoms with E-state index in [9.17, 15) is 0 Å². The largest absolute Gasteiger partial charge is 0.299 e. The van der Waals surface area contributed by atoms with Gasteiger partial charge in [0.05, 0.1) is 17.2 Å². The van der Waals surface area contributed by atoms with Crippen LogP contribution in [-0.2, 0) is 6.42 Å². The van der Waals surface area contributed by atoms with Crippen LogP contribution in [0.25, 0.3) is 27.5 Å². The zero-order valence-electron chi connectivity index (χ0n) is 19.2. The lowest BCUT2D eigenvalue weighted by Crippen LogP contribution is -2.21. The van der Waals surface area contributed by atoms with Crippen molar-refractivity contribution in [2.45, 2.75) is 13.3 Å². The molecule has 1 heterocycles. The Bertz CT molecular complexity index is 1590. The molecule has 4 aromatic carbocycles. The maximum atomic E-state index is 6.28. The van der Waals surface area contributed by atoms with Gasteiger partial charge in [-0.1, -0.05) is 77.4 Å². The summed E-state index contributed by atoms with van der Waals surface area (Å²) < 4.78 is 2.12. The van der Waals surface area contributed by atoms with Gasteiger partial charge in [-0.25, -0.2) is 4.98 Å². The Labute approximate surface area is 219 Å². The summed E-state index contributed by atoms with van der Waals surface area (Å²) in [5.41, 5.74) is 6.29. The van der Waals surface area contributed by atoms with Gasteiger partial charge in [-0.15, -0.1) is 0 Å². The van der Waals surface area contributed by atoms with Crippen molar-refractivity contribution in [3.63, 3.8) is 0 Å². The Hall–Kier alpha value is -3.25. The molecule has 0 spiro atoms. The first-order chi connectivity index (χ1) is 16.9. The fourth-order valence-corrected chi connectivity index (χ4v) is 4.66. The number of nitrogens with zero attached hydrogens (tertiary/aromatic N) is 4. The molecule has 0 unspecified atom stereocenters. The lowest BCUT2D eigenvalue weighted by Gasteiger charge is -2.15. The molecule has 4 nitrogen and oxygen atoms in total. The molecule has 0 saturated carbocycles. The topological polar surface area (TPSA) is 33.4 Å². The van der Waals surface area contributed by atoms with Gasteiger partial charge in [0, 0.05) is 34.6 Å². The van der Waals surface area contributed by atoms with Crippen molar-refractivity contribution in [3.05, 3.63) is 106 Å². The fraction of sp³-hybridized carbons (Fsp3) is 0.107. The Morgan fingerprint density at radius 3 is 2.60 bits per heavy atom. The minimum absolute atomic E-state index is 0.512. The Morgan fingerprint density at radius 1 is 1.03 bits per heavy atom. The van der Waals surface area contributed by atoms with Crippen LogP contribution in [-0.4, -0.2) is 32.8 Å². The fourth-order valence-electron chi connectivity index (χ4n) is 3.98. The first kappa shape index (κ1) is 23.5. The number of thiocarbonyl (C=S) groups is 1. The number of halogens is 2. The molecule has 1 aromatic heterocycles. The predicted molar refractivity (Wildman–Crippen MR) is 151 cm³/mol. The standard InChI is InChI=1S/C28H22Cl2N4S/c1-18-3-9-23(10-4-18)34-17-31-28-24-11-5-19(13-20(24)7-12-26(28)34)16-32-33(2)27(35)14-21-6-8-22(29)15-25(21)30/h3-13,15-17H,14H2,1-2H3/b32-16+. The second kappa shape index (κ2) is 9.78. The molecule has 0 N–H and O–H groups in total. The average molecular weight is 517 g/mol. The molecule has 0 saturated heterocycles. The molecule has 0 aliphatic carbocycles. The lowest BCUT2D eigenvalue weighted by molar-refractivity contribution is 0.549. The molecule has 5 rings (SSSR count). The monoisotopic (exact) mass is 516 g/mol. The van der Waals surface area contributed by atoms with E-state index in [1.165, 1.54) is 5.56 Å². The summed E-state index contributed by atoms with van der Waals surface area (Å²) in [6.07, 6.45) is 4.20. The van der Waals surface area contributed by atoms with Crippen molar-refractivity contribution in [2.75, 3.05) is 7.05 Å². The maximum absolute atomic E-state index is 6.28. The summed E-state index contributed by atoms with van der Waals surface area (Å²) in [7, 11) is 1.84. The highest BCUT2D eigenvalue weighted by atomic mass is 35.5. The van der Waals surface area contributed by atoms with Crippen LogP contribution in [0.5, 0.6) is 0 Å². The molecule has 0 atom stereocenters. The molecular formula is C28H22Cl2N4S. The first-order valence-electron chi connectivity index (χ1n) is 11.1. The maximum Gasteiger partial charge on any atom is 0.103 e. The normalized spacial score (nSPS) is 11.5. The van der Waals surface area contributed by atoms with Crippen molar-refractivity contribution < 1.29 is 0 Å². The summed E-state index contributed by atoms with van der Waals surface area (Å²) in [5.74, 6) is 0. The van der Waals surface area contributed by atoms with Crippen LogP contribution in [0.2, 0.25) is 10.0 Å². The molecule has 0 radical (unpaired) electrons. The average Bonchev–Trinajstić information content (AvgIpc) is 3.29. The van der Waals surface area contributed by atoms with Crippen molar-refractivity contribution >= 4 is 68.4 Å². The van der Waals surface area contributed by atoms with Gasteiger partial charge >= 0.3 is 0 Å². The molecule has 0 fully saturated rings. The Kier molecular flexibility index (Phi) is 6.56. The predicted octanol–water partition coefficient (Wildman–Crippen LogP) is 7.63. The summed E-state index contributed by atoms with van der Waals surface area (Å²) in [6, 6.07) is 24.4. The van der Waals surface area contributed by atoms with Gasteiger partial charge in [-0.2, -0.15) is 5.10 Å². The molecular weight excluding hydrogens is 495 g/mol. The zero-order chi connectivity index (χ0) is 24.5. The van der Waals surface area contributed by atoms with Crippen molar-refractivity contribution in [1.82, 2.24) is 14.6 Å². The summed E-state index contributed by atoms with van der Waals surface area (Å²) in [4.78, 5) is 5.37. The number of aromatic nitrogens is 2. The van der Waals surface area contributed by atoms with Crippen LogP contribution in [0.1, 0.15) is 16.7 Å². The Morgan fingerprint density at radius 2 is 1.83 bits per heavy atom. The second-order valence-electron chi connectivity index (χ2n) is 8.44. The van der Waals surface area contributed by atoms with Gasteiger partial charge in [-0.3, -0.25) is 9.58 Å². The SMILES string of the molecule is Cc1ccc(-n2cnc3c4ccc(/C=N/N(C)C(=S)Cc5ccc(Cl)cc5Cl)cc4ccc32)cc1. The van der Waals surface area contributed by atoms with Gasteiger partial charge in [0.15, 0.2) is 0 Å². The van der Waals surface area contributed by atoms with E-state index in [-0.39, 0.29) is 0 Å². The van der Waals surface area contributed by atoms with Gasteiger partial charge < -0.3 is 0 Å². The summed E-state index contributed by atoms with van der Waals surface area (Å²) >= 11 is 17.8. The van der Waals surface area contributed by atoms with E-state index in [4.69, 9.17) is 40.4 Å². The number of benzene rings is 4. The molecule has 7 heteroatoms. The zero-order valence-corrected chi connectivity index (χ0v) is 21.6. The van der Waals surface area contributed by atoms with Crippen molar-refractivity contribution in [3.8, 4) is 5.69 Å². The van der Waals surface area contributed by atoms with Crippen molar-refractivity contribution in [1.29, 1.82) is 0 Å². The van der Waals surface area contributed by atoms with E-state index < -0.39 is 0 Å². The van der Waals surface area contributed by atoms with E-state index >= 15 is 0 Å². The third kappa shape index (κ3) is 4.94. The number of aryl methyl sites for hydroxylation is 1. The van der Waals surface area contributed by atoms with E-state index in [1.807, 2.05) is 37.8 Å². The number of hydrogen-bond donors (Lipinski definition) is 0. The number of rotatable bonds is 5. The smallest absolute Gasteiger partial charge is 0.103 e. The molecule has 5 aromatic rings. The molecule has 0 bridgehead atoms. The van der Waals surface area contributed by atoms with Gasteiger partial charge in [0.2, 0.25) is 0 Å². The van der Waals surface area contributed by atoms with Crippen LogP contribution < -0.4 is 0 Å². The highest BCUT2D eigenvalue weighted by Crippen LogP contribution is 2.27. The minimum atomic E-state index is 0.512. The highest BCUT2D eigenvalue weighted by molar-refractivity contribution is 7.80. The number of hydrazone groups is 1. The van der Waals surface area contributed by atoms with Gasteiger partial charge in [0.1, 0.15) is 11.3 Å². The number of imidazole rings is 1. The third-order valence-electron chi connectivity index (χ3n) is 5.97. The molecule has 0 amide bonds. The second-order valence-corrected chi connectivity index (χ2v) is 9.75. The van der Waals surface area contributed by atoms with Gasteiger partial charge in [-0.05, 0) is 59.8 Å². The molecule has 0 aliphatic heterocycles. The summed E-state index contributed by atoms with van der Waals surface area (Å²) in [6.45, 7) is 2.09. The van der Waals surface area contributed by atoms with Crippen LogP contribution in [0, 0.1) is 6.92 Å². The van der Waals surface area contributed by atoms with Crippen LogP contribution in [0.15, 0.2) is 84.2 Å². The van der Waals surface area contributed by atoms with Crippen molar-refractivity contribution in [2.24, 2.45) is 5.10 Å². The lowest BCUT2D eigenvalue weighted by atomic mass is 10.1. The molecule has 174 valence electrons. The van der Waals surface area contributed by atoms with Crippen LogP contribution in [0.4, 0.5) is 0 Å². The number of fused-ring (bicyclic) bond motifs is 3. The molecule has 35 heavy (non-hydrogen) atoms. The minimum Gasteiger partial charge on any atom is -0.299 e. The van der Waals surface area contributed by atoms with Crippen LogP contribution >= 0.6 is 35.4 Å². The third-order valence-corrected chi connectivity index (χ3v) is 6.96. The summed E-state index contributed by atoms with van der Waals surface area (Å²) in [5, 5.41) is 9.64. The highest BCUT2D eigenvalue weighted by Gasteiger charge is 2.10. The molecule has 0 aliphatic rings. The van der Waals surface area contributed by atoms with E-state index in [0.29, 0.717) is 21.5 Å². The quantitative estimate of drug-likeness (QED) is 0.137. The van der Waals surface area contributed by atoms with E-state index in [1.54, 1.807) is 11.1 Å². The van der Waals surface area contributed by atoms with Crippen LogP contribution in [0.3, 0.4) is 0 Å². The van der Waals surface area contributed by atoms with Gasteiger partial charge in [0.25, 0.3) is 0 Å². The number of likely N-dealkylation sites (N-methyl/N-ethyl adjacent to an activating group) is 1. The van der Waals surface area contributed by atoms with E-state index in [2.05, 4.69) is 65.1 Å².